The number of hydrogen-bond donors (Lipinski definition) is 6. The zero-order valence-corrected chi connectivity index (χ0v) is 17.0. The van der Waals surface area contributed by atoms with E-state index in [0.29, 0.717) is 43.5 Å². The van der Waals surface area contributed by atoms with Gasteiger partial charge in [0.25, 0.3) is 0 Å². The highest BCUT2D eigenvalue weighted by Crippen LogP contribution is 2.11. The van der Waals surface area contributed by atoms with E-state index in [4.69, 9.17) is 11.5 Å². The third-order valence-electron chi connectivity index (χ3n) is 4.34. The second-order valence-corrected chi connectivity index (χ2v) is 7.53. The Labute approximate surface area is 171 Å². The molecule has 0 spiro atoms. The predicted octanol–water partition coefficient (Wildman–Crippen LogP) is -0.450. The topological polar surface area (TPSA) is 151 Å². The van der Waals surface area contributed by atoms with Crippen LogP contribution in [-0.4, -0.2) is 59.5 Å². The second kappa shape index (κ2) is 13.6. The van der Waals surface area contributed by atoms with E-state index in [1.54, 1.807) is 24.3 Å². The van der Waals surface area contributed by atoms with E-state index in [1.807, 2.05) is 12.3 Å². The zero-order chi connectivity index (χ0) is 20.9. The quantitative estimate of drug-likeness (QED) is 0.190. The minimum Gasteiger partial charge on any atom is -0.426 e. The Morgan fingerprint density at radius 1 is 1.11 bits per heavy atom. The molecule has 156 valence electrons. The Bertz CT molecular complexity index is 594. The van der Waals surface area contributed by atoms with Gasteiger partial charge in [-0.25, -0.2) is 0 Å². The van der Waals surface area contributed by atoms with Gasteiger partial charge in [0, 0.05) is 0 Å². The highest BCUT2D eigenvalue weighted by molar-refractivity contribution is 7.98. The van der Waals surface area contributed by atoms with Gasteiger partial charge in [0.2, 0.25) is 11.8 Å². The SMILES string of the molecule is CSCC[C@H](NC(=O)[C@H](CCCCN)NC(=O)[C@H](N)c1ccccc1)B(O)O. The van der Waals surface area contributed by atoms with E-state index < -0.39 is 37.0 Å². The Morgan fingerprint density at radius 2 is 1.79 bits per heavy atom. The molecular weight excluding hydrogens is 379 g/mol. The molecule has 3 atom stereocenters. The summed E-state index contributed by atoms with van der Waals surface area (Å²) in [5.41, 5.74) is 12.2. The van der Waals surface area contributed by atoms with E-state index in [0.717, 1.165) is 0 Å². The number of unbranched alkanes of at least 4 members (excludes halogenated alkanes) is 1. The fraction of sp³-hybridized carbons (Fsp3) is 0.556. The number of carbonyl (C=O) groups is 2. The summed E-state index contributed by atoms with van der Waals surface area (Å²) >= 11 is 1.54. The summed E-state index contributed by atoms with van der Waals surface area (Å²) in [6, 6.07) is 7.15. The lowest BCUT2D eigenvalue weighted by atomic mass is 9.77. The molecule has 8 nitrogen and oxygen atoms in total. The van der Waals surface area contributed by atoms with Gasteiger partial charge in [-0.15, -0.1) is 0 Å². The molecule has 0 unspecified atom stereocenters. The number of nitrogens with two attached hydrogens (primary N) is 2. The summed E-state index contributed by atoms with van der Waals surface area (Å²) < 4.78 is 0. The fourth-order valence-corrected chi connectivity index (χ4v) is 3.15. The molecule has 0 aromatic heterocycles. The van der Waals surface area contributed by atoms with Crippen LogP contribution in [0.1, 0.15) is 37.3 Å². The summed E-state index contributed by atoms with van der Waals surface area (Å²) in [6.45, 7) is 0.484. The van der Waals surface area contributed by atoms with Crippen LogP contribution in [0.2, 0.25) is 0 Å². The summed E-state index contributed by atoms with van der Waals surface area (Å²) in [7, 11) is -1.68. The van der Waals surface area contributed by atoms with Gasteiger partial charge in [-0.1, -0.05) is 30.3 Å². The van der Waals surface area contributed by atoms with Gasteiger partial charge in [-0.2, -0.15) is 11.8 Å². The molecule has 0 saturated carbocycles. The van der Waals surface area contributed by atoms with Crippen molar-refractivity contribution in [2.75, 3.05) is 18.6 Å². The zero-order valence-electron chi connectivity index (χ0n) is 16.2. The molecule has 8 N–H and O–H groups in total. The average molecular weight is 410 g/mol. The van der Waals surface area contributed by atoms with Gasteiger partial charge < -0.3 is 32.1 Å². The number of thioether (sulfide) groups is 1. The van der Waals surface area contributed by atoms with E-state index >= 15 is 0 Å². The number of amides is 2. The first-order valence-electron chi connectivity index (χ1n) is 9.37. The van der Waals surface area contributed by atoms with Crippen LogP contribution in [0.15, 0.2) is 30.3 Å². The summed E-state index contributed by atoms with van der Waals surface area (Å²) in [4.78, 5) is 25.2. The van der Waals surface area contributed by atoms with Gasteiger partial charge >= 0.3 is 7.12 Å². The second-order valence-electron chi connectivity index (χ2n) is 6.54. The van der Waals surface area contributed by atoms with Gasteiger partial charge in [-0.3, -0.25) is 9.59 Å². The number of nitrogens with one attached hydrogen (secondary N) is 2. The van der Waals surface area contributed by atoms with Crippen LogP contribution in [0.5, 0.6) is 0 Å². The van der Waals surface area contributed by atoms with Crippen molar-refractivity contribution < 1.29 is 19.6 Å². The van der Waals surface area contributed by atoms with Gasteiger partial charge in [0.05, 0.1) is 5.94 Å². The Morgan fingerprint density at radius 3 is 2.36 bits per heavy atom. The molecule has 0 saturated heterocycles. The van der Waals surface area contributed by atoms with E-state index in [-0.39, 0.29) is 0 Å². The minimum atomic E-state index is -1.68. The minimum absolute atomic E-state index is 0.382. The van der Waals surface area contributed by atoms with Crippen molar-refractivity contribution in [1.82, 2.24) is 10.6 Å². The van der Waals surface area contributed by atoms with Crippen molar-refractivity contribution in [2.24, 2.45) is 11.5 Å². The van der Waals surface area contributed by atoms with Crippen LogP contribution in [-0.2, 0) is 9.59 Å². The first-order valence-corrected chi connectivity index (χ1v) is 10.8. The van der Waals surface area contributed by atoms with Crippen LogP contribution in [0.25, 0.3) is 0 Å². The van der Waals surface area contributed by atoms with Gasteiger partial charge in [0.15, 0.2) is 0 Å². The maximum atomic E-state index is 12.7. The third kappa shape index (κ3) is 8.62. The van der Waals surface area contributed by atoms with Gasteiger partial charge in [-0.05, 0) is 49.8 Å². The average Bonchev–Trinajstić information content (AvgIpc) is 2.70. The molecule has 0 bridgehead atoms. The normalized spacial score (nSPS) is 14.0. The lowest BCUT2D eigenvalue weighted by Crippen LogP contribution is -2.55. The maximum Gasteiger partial charge on any atom is 0.475 e. The molecule has 0 aliphatic rings. The molecule has 1 aromatic rings. The van der Waals surface area contributed by atoms with Crippen molar-refractivity contribution in [3.63, 3.8) is 0 Å². The van der Waals surface area contributed by atoms with Crippen molar-refractivity contribution >= 4 is 30.7 Å². The van der Waals surface area contributed by atoms with Crippen molar-refractivity contribution in [3.8, 4) is 0 Å². The number of benzene rings is 1. The molecule has 0 fully saturated rings. The van der Waals surface area contributed by atoms with Gasteiger partial charge in [0.1, 0.15) is 12.1 Å². The number of rotatable bonds is 13. The molecule has 2 amide bonds. The van der Waals surface area contributed by atoms with E-state index in [9.17, 15) is 19.6 Å². The van der Waals surface area contributed by atoms with Crippen LogP contribution < -0.4 is 22.1 Å². The van der Waals surface area contributed by atoms with Crippen LogP contribution in [0.3, 0.4) is 0 Å². The number of carbonyl (C=O) groups excluding carboxylic acids is 2. The third-order valence-corrected chi connectivity index (χ3v) is 4.99. The smallest absolute Gasteiger partial charge is 0.426 e. The lowest BCUT2D eigenvalue weighted by molar-refractivity contribution is -0.130. The number of hydrogen-bond acceptors (Lipinski definition) is 7. The monoisotopic (exact) mass is 410 g/mol. The summed E-state index contributed by atoms with van der Waals surface area (Å²) in [5.74, 6) is -1.09. The predicted molar refractivity (Wildman–Crippen MR) is 113 cm³/mol. The first kappa shape index (κ1) is 24.5. The highest BCUT2D eigenvalue weighted by atomic mass is 32.2. The Balaban J connectivity index is 2.79. The molecule has 28 heavy (non-hydrogen) atoms. The van der Waals surface area contributed by atoms with Crippen molar-refractivity contribution in [3.05, 3.63) is 35.9 Å². The lowest BCUT2D eigenvalue weighted by Gasteiger charge is -2.24. The molecule has 0 heterocycles. The molecule has 0 aliphatic carbocycles. The Hall–Kier alpha value is -1.59. The first-order chi connectivity index (χ1) is 13.4. The van der Waals surface area contributed by atoms with Crippen molar-refractivity contribution in [2.45, 2.75) is 43.7 Å². The largest absolute Gasteiger partial charge is 0.475 e. The standard InChI is InChI=1S/C18H31BN4O4S/c1-28-12-10-15(19(26)27)23-17(24)14(9-5-6-11-20)22-18(25)16(21)13-7-3-2-4-8-13/h2-4,7-8,14-16,26-27H,5-6,9-12,20-21H2,1H3,(H,22,25)(H,23,24)/t14-,15-,16+/m0/s1. The maximum absolute atomic E-state index is 12.7. The van der Waals surface area contributed by atoms with E-state index in [1.165, 1.54) is 11.8 Å². The van der Waals surface area contributed by atoms with Crippen LogP contribution >= 0.6 is 11.8 Å². The molecule has 10 heteroatoms. The Kier molecular flexibility index (Phi) is 11.8. The molecule has 1 aromatic carbocycles. The van der Waals surface area contributed by atoms with Crippen molar-refractivity contribution in [1.29, 1.82) is 0 Å². The molecule has 0 aliphatic heterocycles. The van der Waals surface area contributed by atoms with Crippen LogP contribution in [0, 0.1) is 0 Å². The fourth-order valence-electron chi connectivity index (χ4n) is 2.66. The van der Waals surface area contributed by atoms with E-state index in [2.05, 4.69) is 10.6 Å². The molecular formula is C18H31BN4O4S. The van der Waals surface area contributed by atoms with Crippen LogP contribution in [0.4, 0.5) is 0 Å². The summed E-state index contributed by atoms with van der Waals surface area (Å²) in [6.07, 6.45) is 4.03. The molecule has 1 rings (SSSR count). The highest BCUT2D eigenvalue weighted by Gasteiger charge is 2.29. The summed E-state index contributed by atoms with van der Waals surface area (Å²) in [5, 5.41) is 24.3. The molecule has 0 radical (unpaired) electrons.